The van der Waals surface area contributed by atoms with Crippen molar-refractivity contribution < 1.29 is 9.59 Å². The van der Waals surface area contributed by atoms with E-state index >= 15 is 0 Å². The third-order valence-electron chi connectivity index (χ3n) is 4.43. The molecule has 1 unspecified atom stereocenters. The molecule has 0 aromatic heterocycles. The molecule has 2 aromatic rings. The van der Waals surface area contributed by atoms with E-state index in [-0.39, 0.29) is 17.7 Å². The van der Waals surface area contributed by atoms with Gasteiger partial charge in [0, 0.05) is 29.4 Å². The highest BCUT2D eigenvalue weighted by molar-refractivity contribution is 6.30. The van der Waals surface area contributed by atoms with Crippen molar-refractivity contribution in [3.05, 3.63) is 64.7 Å². The molecular weight excluding hydrogens is 350 g/mol. The first-order valence-electron chi connectivity index (χ1n) is 8.42. The van der Waals surface area contributed by atoms with E-state index < -0.39 is 0 Å². The lowest BCUT2D eigenvalue weighted by Gasteiger charge is -2.32. The summed E-state index contributed by atoms with van der Waals surface area (Å²) in [6.45, 7) is 1.01. The smallest absolute Gasteiger partial charge is 0.253 e. The summed E-state index contributed by atoms with van der Waals surface area (Å²) in [4.78, 5) is 26.9. The third-order valence-corrected chi connectivity index (χ3v) is 4.68. The minimum absolute atomic E-state index is 0.0920. The molecule has 0 aliphatic carbocycles. The molecule has 6 heteroatoms. The van der Waals surface area contributed by atoms with Gasteiger partial charge in [-0.05, 0) is 55.3 Å². The van der Waals surface area contributed by atoms with Crippen LogP contribution in [-0.4, -0.2) is 29.8 Å². The molecule has 0 radical (unpaired) electrons. The first-order chi connectivity index (χ1) is 12.6. The van der Waals surface area contributed by atoms with E-state index in [1.165, 1.54) is 0 Å². The minimum atomic E-state index is -0.272. The lowest BCUT2D eigenvalue weighted by atomic mass is 9.96. The van der Waals surface area contributed by atoms with Crippen LogP contribution >= 0.6 is 11.6 Å². The molecule has 1 N–H and O–H groups in total. The molecule has 1 heterocycles. The first kappa shape index (κ1) is 18.0. The van der Waals surface area contributed by atoms with Crippen LogP contribution in [0, 0.1) is 17.2 Å². The summed E-state index contributed by atoms with van der Waals surface area (Å²) >= 11 is 5.87. The van der Waals surface area contributed by atoms with Crippen LogP contribution in [0.25, 0.3) is 0 Å². The zero-order valence-electron chi connectivity index (χ0n) is 14.1. The molecule has 0 saturated carbocycles. The minimum Gasteiger partial charge on any atom is -0.338 e. The quantitative estimate of drug-likeness (QED) is 0.898. The molecular formula is C20H18ClN3O2. The van der Waals surface area contributed by atoms with E-state index in [0.717, 1.165) is 12.8 Å². The van der Waals surface area contributed by atoms with Crippen LogP contribution in [0.5, 0.6) is 0 Å². The summed E-state index contributed by atoms with van der Waals surface area (Å²) in [5, 5.41) is 12.4. The summed E-state index contributed by atoms with van der Waals surface area (Å²) in [5.41, 5.74) is 1.65. The van der Waals surface area contributed by atoms with E-state index in [4.69, 9.17) is 16.9 Å². The van der Waals surface area contributed by atoms with Crippen LogP contribution in [-0.2, 0) is 4.79 Å². The molecule has 1 aliphatic rings. The molecule has 1 fully saturated rings. The van der Waals surface area contributed by atoms with E-state index in [9.17, 15) is 9.59 Å². The van der Waals surface area contributed by atoms with E-state index in [1.807, 2.05) is 0 Å². The van der Waals surface area contributed by atoms with Crippen LogP contribution in [0.3, 0.4) is 0 Å². The number of nitrogens with one attached hydrogen (secondary N) is 1. The zero-order valence-corrected chi connectivity index (χ0v) is 14.9. The van der Waals surface area contributed by atoms with Gasteiger partial charge >= 0.3 is 0 Å². The number of carbonyl (C=O) groups excluding carboxylic acids is 2. The molecule has 26 heavy (non-hydrogen) atoms. The number of amides is 2. The number of carbonyl (C=O) groups is 2. The zero-order chi connectivity index (χ0) is 18.5. The SMILES string of the molecule is N#Cc1cccc(NC(=O)C2CCCN(C(=O)c3ccc(Cl)cc3)C2)c1. The van der Waals surface area contributed by atoms with Gasteiger partial charge in [-0.2, -0.15) is 5.26 Å². The highest BCUT2D eigenvalue weighted by atomic mass is 35.5. The average molecular weight is 368 g/mol. The molecule has 1 saturated heterocycles. The summed E-state index contributed by atoms with van der Waals surface area (Å²) < 4.78 is 0. The van der Waals surface area contributed by atoms with Gasteiger partial charge in [0.25, 0.3) is 5.91 Å². The fourth-order valence-corrected chi connectivity index (χ4v) is 3.19. The maximum Gasteiger partial charge on any atom is 0.253 e. The number of halogens is 1. The fraction of sp³-hybridized carbons (Fsp3) is 0.250. The van der Waals surface area contributed by atoms with E-state index in [2.05, 4.69) is 11.4 Å². The van der Waals surface area contributed by atoms with Crippen LogP contribution < -0.4 is 5.32 Å². The second-order valence-electron chi connectivity index (χ2n) is 6.28. The standard InChI is InChI=1S/C20H18ClN3O2/c21-17-8-6-15(7-9-17)20(26)24-10-2-4-16(13-24)19(25)23-18-5-1-3-14(11-18)12-22/h1,3,5-9,11,16H,2,4,10,13H2,(H,23,25). The number of piperidine rings is 1. The highest BCUT2D eigenvalue weighted by Crippen LogP contribution is 2.21. The highest BCUT2D eigenvalue weighted by Gasteiger charge is 2.29. The number of rotatable bonds is 3. The van der Waals surface area contributed by atoms with Gasteiger partial charge in [0.15, 0.2) is 0 Å². The number of benzene rings is 2. The van der Waals surface area contributed by atoms with Crippen LogP contribution in [0.2, 0.25) is 5.02 Å². The van der Waals surface area contributed by atoms with Gasteiger partial charge in [-0.1, -0.05) is 17.7 Å². The topological polar surface area (TPSA) is 73.2 Å². The lowest BCUT2D eigenvalue weighted by Crippen LogP contribution is -2.43. The molecule has 1 atom stereocenters. The summed E-state index contributed by atoms with van der Waals surface area (Å²) in [6, 6.07) is 15.6. The van der Waals surface area contributed by atoms with Gasteiger partial charge in [0.05, 0.1) is 17.6 Å². The molecule has 2 amide bonds. The van der Waals surface area contributed by atoms with Gasteiger partial charge in [0.1, 0.15) is 0 Å². The largest absolute Gasteiger partial charge is 0.338 e. The van der Waals surface area contributed by atoms with Crippen molar-refractivity contribution >= 4 is 29.1 Å². The predicted octanol–water partition coefficient (Wildman–Crippen LogP) is 3.70. The Morgan fingerprint density at radius 3 is 2.69 bits per heavy atom. The molecule has 1 aliphatic heterocycles. The molecule has 132 valence electrons. The van der Waals surface area contributed by atoms with E-state index in [1.54, 1.807) is 53.4 Å². The molecule has 3 rings (SSSR count). The summed E-state index contributed by atoms with van der Waals surface area (Å²) in [6.07, 6.45) is 1.50. The van der Waals surface area contributed by atoms with Crippen molar-refractivity contribution in [2.75, 3.05) is 18.4 Å². The normalized spacial score (nSPS) is 16.6. The predicted molar refractivity (Wildman–Crippen MR) is 99.9 cm³/mol. The van der Waals surface area contributed by atoms with Crippen LogP contribution in [0.15, 0.2) is 48.5 Å². The second-order valence-corrected chi connectivity index (χ2v) is 6.72. The van der Waals surface area contributed by atoms with E-state index in [0.29, 0.717) is 34.9 Å². The Kier molecular flexibility index (Phi) is 5.55. The maximum absolute atomic E-state index is 12.6. The van der Waals surface area contributed by atoms with Crippen molar-refractivity contribution in [2.24, 2.45) is 5.92 Å². The number of likely N-dealkylation sites (tertiary alicyclic amines) is 1. The molecule has 0 spiro atoms. The Hall–Kier alpha value is -2.84. The van der Waals surface area contributed by atoms with Gasteiger partial charge in [-0.15, -0.1) is 0 Å². The Morgan fingerprint density at radius 1 is 1.19 bits per heavy atom. The average Bonchev–Trinajstić information content (AvgIpc) is 2.68. The monoisotopic (exact) mass is 367 g/mol. The summed E-state index contributed by atoms with van der Waals surface area (Å²) in [5.74, 6) is -0.495. The van der Waals surface area contributed by atoms with Gasteiger partial charge in [0.2, 0.25) is 5.91 Å². The number of nitrogens with zero attached hydrogens (tertiary/aromatic N) is 2. The fourth-order valence-electron chi connectivity index (χ4n) is 3.06. The Labute approximate surface area is 157 Å². The Balaban J connectivity index is 1.65. The van der Waals surface area contributed by atoms with Crippen molar-refractivity contribution in [2.45, 2.75) is 12.8 Å². The number of hydrogen-bond acceptors (Lipinski definition) is 3. The van der Waals surface area contributed by atoms with Crippen LogP contribution in [0.4, 0.5) is 5.69 Å². The van der Waals surface area contributed by atoms with Gasteiger partial charge < -0.3 is 10.2 Å². The van der Waals surface area contributed by atoms with Crippen molar-refractivity contribution in [3.63, 3.8) is 0 Å². The molecule has 2 aromatic carbocycles. The lowest BCUT2D eigenvalue weighted by molar-refractivity contribution is -0.121. The summed E-state index contributed by atoms with van der Waals surface area (Å²) in [7, 11) is 0. The Bertz CT molecular complexity index is 858. The number of anilines is 1. The first-order valence-corrected chi connectivity index (χ1v) is 8.80. The third kappa shape index (κ3) is 4.22. The number of hydrogen-bond donors (Lipinski definition) is 1. The molecule has 5 nitrogen and oxygen atoms in total. The Morgan fingerprint density at radius 2 is 1.96 bits per heavy atom. The second kappa shape index (κ2) is 8.03. The number of nitriles is 1. The van der Waals surface area contributed by atoms with Crippen molar-refractivity contribution in [1.82, 2.24) is 4.90 Å². The van der Waals surface area contributed by atoms with Crippen LogP contribution in [0.1, 0.15) is 28.8 Å². The maximum atomic E-state index is 12.6. The van der Waals surface area contributed by atoms with Gasteiger partial charge in [-0.25, -0.2) is 0 Å². The van der Waals surface area contributed by atoms with Gasteiger partial charge in [-0.3, -0.25) is 9.59 Å². The van der Waals surface area contributed by atoms with Crippen molar-refractivity contribution in [1.29, 1.82) is 5.26 Å². The van der Waals surface area contributed by atoms with Crippen molar-refractivity contribution in [3.8, 4) is 6.07 Å². The molecule has 0 bridgehead atoms.